The number of hydrogen-bond acceptors (Lipinski definition) is 5. The Labute approximate surface area is 218 Å². The molecule has 2 atom stereocenters. The van der Waals surface area contributed by atoms with E-state index in [1.807, 2.05) is 34.2 Å². The van der Waals surface area contributed by atoms with Crippen LogP contribution >= 0.6 is 0 Å². The number of urea groups is 1. The number of pyridine rings is 1. The van der Waals surface area contributed by atoms with Gasteiger partial charge in [-0.1, -0.05) is 6.07 Å². The molecule has 1 aliphatic carbocycles. The predicted octanol–water partition coefficient (Wildman–Crippen LogP) is 2.64. The van der Waals surface area contributed by atoms with E-state index >= 15 is 4.39 Å². The topological polar surface area (TPSA) is 90.3 Å². The molecule has 0 bridgehead atoms. The lowest BCUT2D eigenvalue weighted by molar-refractivity contribution is -0.123. The number of amides is 4. The lowest BCUT2D eigenvalue weighted by atomic mass is 9.81. The molecule has 6 heterocycles. The van der Waals surface area contributed by atoms with Gasteiger partial charge >= 0.3 is 6.03 Å². The number of likely N-dealkylation sites (tertiary alicyclic amines) is 1. The number of fused-ring (bicyclic) bond motifs is 1. The second kappa shape index (κ2) is 8.68. The quantitative estimate of drug-likeness (QED) is 0.623. The van der Waals surface area contributed by atoms with Crippen molar-refractivity contribution in [3.63, 3.8) is 0 Å². The number of imide groups is 1. The Morgan fingerprint density at radius 2 is 1.82 bits per heavy atom. The van der Waals surface area contributed by atoms with Crippen LogP contribution in [0.25, 0.3) is 11.2 Å². The molecule has 2 saturated heterocycles. The summed E-state index contributed by atoms with van der Waals surface area (Å²) in [6, 6.07) is 5.29. The van der Waals surface area contributed by atoms with Gasteiger partial charge in [0.1, 0.15) is 11.5 Å². The largest absolute Gasteiger partial charge is 0.368 e. The zero-order valence-electron chi connectivity index (χ0n) is 20.8. The van der Waals surface area contributed by atoms with Crippen LogP contribution in [-0.4, -0.2) is 80.7 Å². The molecule has 0 saturated carbocycles. The first-order valence-corrected chi connectivity index (χ1v) is 13.1. The molecule has 2 aromatic rings. The number of imidazole rings is 1. The minimum absolute atomic E-state index is 0.000797. The average Bonchev–Trinajstić information content (AvgIpc) is 3.54. The van der Waals surface area contributed by atoms with Crippen LogP contribution < -0.4 is 5.32 Å². The number of allylic oxidation sites excluding steroid dienone is 2. The Bertz CT molecular complexity index is 1510. The highest BCUT2D eigenvalue weighted by molar-refractivity contribution is 6.37. The van der Waals surface area contributed by atoms with Crippen LogP contribution in [0.5, 0.6) is 0 Å². The molecule has 0 spiro atoms. The third kappa shape index (κ3) is 3.50. The monoisotopic (exact) mass is 514 g/mol. The van der Waals surface area contributed by atoms with Crippen molar-refractivity contribution in [2.75, 3.05) is 32.7 Å². The second-order valence-electron chi connectivity index (χ2n) is 10.4. The van der Waals surface area contributed by atoms with Crippen LogP contribution in [0.3, 0.4) is 0 Å². The van der Waals surface area contributed by atoms with Gasteiger partial charge in [-0.2, -0.15) is 0 Å². The third-order valence-corrected chi connectivity index (χ3v) is 8.20. The van der Waals surface area contributed by atoms with Crippen molar-refractivity contribution < 1.29 is 18.8 Å². The van der Waals surface area contributed by atoms with Gasteiger partial charge in [0, 0.05) is 51.0 Å². The van der Waals surface area contributed by atoms with Gasteiger partial charge in [-0.05, 0) is 54.7 Å². The molecule has 38 heavy (non-hydrogen) atoms. The fourth-order valence-corrected chi connectivity index (χ4v) is 6.48. The summed E-state index contributed by atoms with van der Waals surface area (Å²) in [5, 5.41) is 2.44. The van der Waals surface area contributed by atoms with Crippen LogP contribution in [0.1, 0.15) is 25.0 Å². The maximum atomic E-state index is 15.1. The van der Waals surface area contributed by atoms with Gasteiger partial charge in [0.2, 0.25) is 0 Å². The van der Waals surface area contributed by atoms with Gasteiger partial charge in [-0.15, -0.1) is 0 Å². The molecule has 4 amide bonds. The lowest BCUT2D eigenvalue weighted by Gasteiger charge is -2.33. The molecule has 2 aromatic heterocycles. The van der Waals surface area contributed by atoms with Crippen molar-refractivity contribution in [1.29, 1.82) is 0 Å². The summed E-state index contributed by atoms with van der Waals surface area (Å²) < 4.78 is 16.8. The molecular formula is C28H27FN6O3. The summed E-state index contributed by atoms with van der Waals surface area (Å²) in [5.41, 5.74) is 3.07. The van der Waals surface area contributed by atoms with Gasteiger partial charge in [0.15, 0.2) is 0 Å². The fraction of sp³-hybridized carbons (Fsp3) is 0.357. The van der Waals surface area contributed by atoms with Crippen molar-refractivity contribution in [3.05, 3.63) is 77.2 Å². The first kappa shape index (κ1) is 22.9. The summed E-state index contributed by atoms with van der Waals surface area (Å²) in [6.45, 7) is 2.88. The Balaban J connectivity index is 1.28. The standard InChI is InChI=1S/C28H27FN6O3/c29-18-12-17-15-34(28(38)32-7-3-1-4-8-32)11-10-33-16-20(19(13-18)25(17)33)23-24(27(37)31-26(23)36)21-14-30-22-6-2-5-9-35(21)22/h2,5-6,9,12-14,16,19,25H,1,3-4,7-8,10-11,15H2,(H,31,36,37)/t19?,25-/m0/s1. The zero-order valence-corrected chi connectivity index (χ0v) is 20.8. The van der Waals surface area contributed by atoms with Crippen LogP contribution in [0.15, 0.2) is 71.5 Å². The molecule has 1 N–H and O–H groups in total. The molecule has 7 rings (SSSR count). The van der Waals surface area contributed by atoms with Gasteiger partial charge in [0.05, 0.1) is 29.1 Å². The highest BCUT2D eigenvalue weighted by Gasteiger charge is 2.46. The summed E-state index contributed by atoms with van der Waals surface area (Å²) in [7, 11) is 0. The summed E-state index contributed by atoms with van der Waals surface area (Å²) >= 11 is 0. The van der Waals surface area contributed by atoms with E-state index < -0.39 is 23.6 Å². The third-order valence-electron chi connectivity index (χ3n) is 8.20. The summed E-state index contributed by atoms with van der Waals surface area (Å²) in [4.78, 5) is 49.7. The number of nitrogens with one attached hydrogen (secondary N) is 1. The van der Waals surface area contributed by atoms with Gasteiger partial charge in [0.25, 0.3) is 11.8 Å². The normalized spacial score (nSPS) is 25.3. The minimum atomic E-state index is -0.494. The Morgan fingerprint density at radius 3 is 2.66 bits per heavy atom. The molecular weight excluding hydrogens is 487 g/mol. The first-order chi connectivity index (χ1) is 18.5. The van der Waals surface area contributed by atoms with E-state index in [1.54, 1.807) is 16.8 Å². The number of halogens is 1. The number of piperidine rings is 1. The van der Waals surface area contributed by atoms with Crippen molar-refractivity contribution in [2.24, 2.45) is 5.92 Å². The highest BCUT2D eigenvalue weighted by Crippen LogP contribution is 2.45. The number of rotatable bonds is 2. The van der Waals surface area contributed by atoms with E-state index in [0.29, 0.717) is 36.5 Å². The van der Waals surface area contributed by atoms with Gasteiger partial charge < -0.3 is 14.7 Å². The number of nitrogens with zero attached hydrogens (tertiary/aromatic N) is 5. The number of aromatic nitrogens is 2. The Morgan fingerprint density at radius 1 is 1.00 bits per heavy atom. The number of carbonyl (C=O) groups excluding carboxylic acids is 3. The van der Waals surface area contributed by atoms with E-state index in [0.717, 1.165) is 37.9 Å². The predicted molar refractivity (Wildman–Crippen MR) is 137 cm³/mol. The first-order valence-electron chi connectivity index (χ1n) is 13.1. The average molecular weight is 515 g/mol. The highest BCUT2D eigenvalue weighted by atomic mass is 19.1. The number of hydrogen-bond donors (Lipinski definition) is 1. The minimum Gasteiger partial charge on any atom is -0.368 e. The van der Waals surface area contributed by atoms with Crippen LogP contribution in [0, 0.1) is 5.92 Å². The second-order valence-corrected chi connectivity index (χ2v) is 10.4. The van der Waals surface area contributed by atoms with Crippen molar-refractivity contribution in [2.45, 2.75) is 25.3 Å². The molecule has 10 heteroatoms. The van der Waals surface area contributed by atoms with Crippen LogP contribution in [0.4, 0.5) is 9.18 Å². The Kier molecular flexibility index (Phi) is 5.24. The van der Waals surface area contributed by atoms with Crippen molar-refractivity contribution in [3.8, 4) is 0 Å². The van der Waals surface area contributed by atoms with E-state index in [2.05, 4.69) is 15.2 Å². The molecule has 5 aliphatic rings. The van der Waals surface area contributed by atoms with Crippen LogP contribution in [-0.2, 0) is 9.59 Å². The van der Waals surface area contributed by atoms with Crippen molar-refractivity contribution >= 4 is 29.1 Å². The van der Waals surface area contributed by atoms with E-state index in [1.165, 1.54) is 12.2 Å². The summed E-state index contributed by atoms with van der Waals surface area (Å²) in [6.07, 6.45) is 11.5. The maximum Gasteiger partial charge on any atom is 0.320 e. The SMILES string of the molecule is O=C1NC(=O)C(c2cnc3ccccn23)=C1C1=CN2CCN(C(=O)N3CCCCC3)CC3=CC(F)=CC1[C@H]32. The molecule has 2 fully saturated rings. The molecule has 9 nitrogen and oxygen atoms in total. The van der Waals surface area contributed by atoms with Gasteiger partial charge in [-0.25, -0.2) is 14.2 Å². The summed E-state index contributed by atoms with van der Waals surface area (Å²) in [5.74, 6) is -1.84. The lowest BCUT2D eigenvalue weighted by Crippen LogP contribution is -2.46. The zero-order chi connectivity index (χ0) is 26.0. The smallest absolute Gasteiger partial charge is 0.320 e. The fourth-order valence-electron chi connectivity index (χ4n) is 6.48. The van der Waals surface area contributed by atoms with E-state index in [-0.39, 0.29) is 23.2 Å². The molecule has 0 aromatic carbocycles. The van der Waals surface area contributed by atoms with Gasteiger partial charge in [-0.3, -0.25) is 19.3 Å². The van der Waals surface area contributed by atoms with E-state index in [9.17, 15) is 14.4 Å². The molecule has 0 radical (unpaired) electrons. The van der Waals surface area contributed by atoms with Crippen LogP contribution in [0.2, 0.25) is 0 Å². The van der Waals surface area contributed by atoms with E-state index in [4.69, 9.17) is 0 Å². The number of carbonyl (C=O) groups is 3. The molecule has 194 valence electrons. The van der Waals surface area contributed by atoms with Crippen molar-refractivity contribution in [1.82, 2.24) is 29.4 Å². The maximum absolute atomic E-state index is 15.1. The molecule has 1 unspecified atom stereocenters. The Hall–Kier alpha value is -4.21. The molecule has 4 aliphatic heterocycles.